The Balaban J connectivity index is 2.53. The highest BCUT2D eigenvalue weighted by Gasteiger charge is 2.11. The first-order chi connectivity index (χ1) is 8.02. The minimum atomic E-state index is -0.0839. The molecule has 0 saturated carbocycles. The largest absolute Gasteiger partial charge is 0.398 e. The van der Waals surface area contributed by atoms with Gasteiger partial charge in [-0.2, -0.15) is 0 Å². The molecule has 0 heterocycles. The second-order valence-corrected chi connectivity index (χ2v) is 4.45. The number of nitrogens with one attached hydrogen (secondary N) is 1. The van der Waals surface area contributed by atoms with Crippen molar-refractivity contribution in [3.05, 3.63) is 29.3 Å². The Kier molecular flexibility index (Phi) is 4.97. The lowest BCUT2D eigenvalue weighted by molar-refractivity contribution is 0.0952. The summed E-state index contributed by atoms with van der Waals surface area (Å²) in [5.74, 6) is -0.0839. The van der Waals surface area contributed by atoms with Gasteiger partial charge < -0.3 is 16.0 Å². The maximum atomic E-state index is 11.9. The van der Waals surface area contributed by atoms with E-state index in [9.17, 15) is 4.79 Å². The Labute approximate surface area is 103 Å². The normalized spacial score (nSPS) is 10.6. The summed E-state index contributed by atoms with van der Waals surface area (Å²) in [4.78, 5) is 14.0. The molecule has 1 rings (SSSR count). The van der Waals surface area contributed by atoms with Crippen molar-refractivity contribution in [2.45, 2.75) is 13.3 Å². The molecule has 0 aromatic heterocycles. The topological polar surface area (TPSA) is 58.4 Å². The lowest BCUT2D eigenvalue weighted by Crippen LogP contribution is -2.28. The molecule has 4 nitrogen and oxygen atoms in total. The van der Waals surface area contributed by atoms with Crippen molar-refractivity contribution in [1.29, 1.82) is 0 Å². The van der Waals surface area contributed by atoms with Gasteiger partial charge in [0.25, 0.3) is 5.91 Å². The molecule has 0 bridgehead atoms. The minimum absolute atomic E-state index is 0.0839. The van der Waals surface area contributed by atoms with Crippen molar-refractivity contribution in [2.24, 2.45) is 0 Å². The summed E-state index contributed by atoms with van der Waals surface area (Å²) in [6.45, 7) is 3.53. The van der Waals surface area contributed by atoms with Crippen LogP contribution < -0.4 is 11.1 Å². The van der Waals surface area contributed by atoms with Gasteiger partial charge in [0.1, 0.15) is 0 Å². The van der Waals surface area contributed by atoms with Crippen molar-refractivity contribution in [2.75, 3.05) is 32.9 Å². The van der Waals surface area contributed by atoms with Crippen molar-refractivity contribution < 1.29 is 4.79 Å². The molecule has 0 fully saturated rings. The number of amides is 1. The monoisotopic (exact) mass is 235 g/mol. The van der Waals surface area contributed by atoms with Crippen molar-refractivity contribution in [3.63, 3.8) is 0 Å². The van der Waals surface area contributed by atoms with E-state index in [1.165, 1.54) is 0 Å². The van der Waals surface area contributed by atoms with Gasteiger partial charge in [-0.25, -0.2) is 0 Å². The smallest absolute Gasteiger partial charge is 0.253 e. The van der Waals surface area contributed by atoms with E-state index in [1.54, 1.807) is 6.07 Å². The summed E-state index contributed by atoms with van der Waals surface area (Å²) < 4.78 is 0. The summed E-state index contributed by atoms with van der Waals surface area (Å²) in [5, 5.41) is 2.89. The first-order valence-corrected chi connectivity index (χ1v) is 5.80. The average Bonchev–Trinajstić information content (AvgIpc) is 2.24. The maximum absolute atomic E-state index is 11.9. The molecule has 94 valence electrons. The van der Waals surface area contributed by atoms with E-state index in [0.29, 0.717) is 17.8 Å². The zero-order chi connectivity index (χ0) is 12.8. The lowest BCUT2D eigenvalue weighted by atomic mass is 10.1. The molecule has 0 radical (unpaired) electrons. The fourth-order valence-corrected chi connectivity index (χ4v) is 1.69. The maximum Gasteiger partial charge on any atom is 0.253 e. The summed E-state index contributed by atoms with van der Waals surface area (Å²) >= 11 is 0. The van der Waals surface area contributed by atoms with Crippen LogP contribution in [0, 0.1) is 6.92 Å². The van der Waals surface area contributed by atoms with Crippen LogP contribution in [0.25, 0.3) is 0 Å². The number of benzene rings is 1. The number of rotatable bonds is 5. The number of nitrogens with two attached hydrogens (primary N) is 1. The standard InChI is InChI=1S/C13H21N3O/c1-10-6-4-7-11(14)12(10)13(17)15-8-5-9-16(2)3/h4,6-7H,5,8-9,14H2,1-3H3,(H,15,17). The van der Waals surface area contributed by atoms with Crippen LogP contribution in [0.2, 0.25) is 0 Å². The molecule has 1 aromatic carbocycles. The van der Waals surface area contributed by atoms with Crippen LogP contribution in [-0.4, -0.2) is 38.0 Å². The van der Waals surface area contributed by atoms with E-state index in [-0.39, 0.29) is 5.91 Å². The third-order valence-electron chi connectivity index (χ3n) is 2.60. The molecule has 0 atom stereocenters. The first kappa shape index (κ1) is 13.5. The second-order valence-electron chi connectivity index (χ2n) is 4.45. The molecule has 1 aromatic rings. The Hall–Kier alpha value is -1.55. The van der Waals surface area contributed by atoms with Gasteiger partial charge in [-0.3, -0.25) is 4.79 Å². The summed E-state index contributed by atoms with van der Waals surface area (Å²) in [6, 6.07) is 5.50. The molecule has 0 aliphatic rings. The number of hydrogen-bond donors (Lipinski definition) is 2. The van der Waals surface area contributed by atoms with E-state index in [4.69, 9.17) is 5.73 Å². The number of carbonyl (C=O) groups excluding carboxylic acids is 1. The number of nitrogen functional groups attached to an aromatic ring is 1. The Morgan fingerprint density at radius 2 is 2.12 bits per heavy atom. The molecular formula is C13H21N3O. The molecule has 0 saturated heterocycles. The third kappa shape index (κ3) is 4.07. The SMILES string of the molecule is Cc1cccc(N)c1C(=O)NCCCN(C)C. The fraction of sp³-hybridized carbons (Fsp3) is 0.462. The highest BCUT2D eigenvalue weighted by molar-refractivity contribution is 6.00. The quantitative estimate of drug-likeness (QED) is 0.596. The van der Waals surface area contributed by atoms with Crippen LogP contribution in [0.4, 0.5) is 5.69 Å². The number of nitrogens with zero attached hydrogens (tertiary/aromatic N) is 1. The van der Waals surface area contributed by atoms with Gasteiger partial charge in [0, 0.05) is 12.2 Å². The first-order valence-electron chi connectivity index (χ1n) is 5.80. The molecule has 0 aliphatic heterocycles. The summed E-state index contributed by atoms with van der Waals surface area (Å²) in [6.07, 6.45) is 0.935. The van der Waals surface area contributed by atoms with Gasteiger partial charge in [-0.05, 0) is 45.6 Å². The van der Waals surface area contributed by atoms with E-state index < -0.39 is 0 Å². The lowest BCUT2D eigenvalue weighted by Gasteiger charge is -2.12. The Morgan fingerprint density at radius 3 is 2.71 bits per heavy atom. The van der Waals surface area contributed by atoms with Crippen molar-refractivity contribution >= 4 is 11.6 Å². The van der Waals surface area contributed by atoms with E-state index in [0.717, 1.165) is 18.5 Å². The van der Waals surface area contributed by atoms with Crippen LogP contribution in [0.1, 0.15) is 22.3 Å². The van der Waals surface area contributed by atoms with Crippen molar-refractivity contribution in [1.82, 2.24) is 10.2 Å². The zero-order valence-corrected chi connectivity index (χ0v) is 10.8. The summed E-state index contributed by atoms with van der Waals surface area (Å²) in [5.41, 5.74) is 7.85. The molecule has 17 heavy (non-hydrogen) atoms. The van der Waals surface area contributed by atoms with Gasteiger partial charge in [0.05, 0.1) is 5.56 Å². The van der Waals surface area contributed by atoms with Gasteiger partial charge in [0.15, 0.2) is 0 Å². The molecule has 1 amide bonds. The molecule has 4 heteroatoms. The van der Waals surface area contributed by atoms with E-state index >= 15 is 0 Å². The molecule has 0 unspecified atom stereocenters. The van der Waals surface area contributed by atoms with E-state index in [2.05, 4.69) is 10.2 Å². The Bertz CT molecular complexity index is 368. The number of aryl methyl sites for hydroxylation is 1. The fourth-order valence-electron chi connectivity index (χ4n) is 1.69. The van der Waals surface area contributed by atoms with Crippen LogP contribution >= 0.6 is 0 Å². The predicted molar refractivity (Wildman–Crippen MR) is 71.1 cm³/mol. The highest BCUT2D eigenvalue weighted by Crippen LogP contribution is 2.15. The zero-order valence-electron chi connectivity index (χ0n) is 10.8. The van der Waals surface area contributed by atoms with Gasteiger partial charge in [0.2, 0.25) is 0 Å². The predicted octanol–water partition coefficient (Wildman–Crippen LogP) is 1.26. The highest BCUT2D eigenvalue weighted by atomic mass is 16.1. The van der Waals surface area contributed by atoms with Crippen LogP contribution in [0.15, 0.2) is 18.2 Å². The van der Waals surface area contributed by atoms with Crippen molar-refractivity contribution in [3.8, 4) is 0 Å². The minimum Gasteiger partial charge on any atom is -0.398 e. The summed E-state index contributed by atoms with van der Waals surface area (Å²) in [7, 11) is 4.03. The molecule has 0 spiro atoms. The number of anilines is 1. The number of carbonyl (C=O) groups is 1. The average molecular weight is 235 g/mol. The van der Waals surface area contributed by atoms with Gasteiger partial charge in [-0.1, -0.05) is 12.1 Å². The Morgan fingerprint density at radius 1 is 1.41 bits per heavy atom. The number of hydrogen-bond acceptors (Lipinski definition) is 3. The molecule has 3 N–H and O–H groups in total. The second kappa shape index (κ2) is 6.25. The van der Waals surface area contributed by atoms with Crippen LogP contribution in [0.3, 0.4) is 0 Å². The van der Waals surface area contributed by atoms with E-state index in [1.807, 2.05) is 33.2 Å². The van der Waals surface area contributed by atoms with Gasteiger partial charge >= 0.3 is 0 Å². The molecule has 0 aliphatic carbocycles. The van der Waals surface area contributed by atoms with Crippen LogP contribution in [-0.2, 0) is 0 Å². The van der Waals surface area contributed by atoms with Gasteiger partial charge in [-0.15, -0.1) is 0 Å². The van der Waals surface area contributed by atoms with Crippen LogP contribution in [0.5, 0.6) is 0 Å². The molecular weight excluding hydrogens is 214 g/mol. The third-order valence-corrected chi connectivity index (χ3v) is 2.60.